The second kappa shape index (κ2) is 13.2. The van der Waals surface area contributed by atoms with Crippen LogP contribution in [0.25, 0.3) is 0 Å². The molecule has 1 atom stereocenters. The van der Waals surface area contributed by atoms with Gasteiger partial charge in [0.25, 0.3) is 0 Å². The average molecular weight is 554 g/mol. The zero-order chi connectivity index (χ0) is 28.7. The molecule has 0 spiro atoms. The molecule has 9 heteroatoms. The van der Waals surface area contributed by atoms with Gasteiger partial charge in [0.05, 0.1) is 27.8 Å². The minimum atomic E-state index is -0.649. The Morgan fingerprint density at radius 1 is 1.00 bits per heavy atom. The summed E-state index contributed by atoms with van der Waals surface area (Å²) in [6.45, 7) is 0. The summed E-state index contributed by atoms with van der Waals surface area (Å²) in [4.78, 5) is 31.0. The summed E-state index contributed by atoms with van der Waals surface area (Å²) in [5.74, 6) is 0.831. The summed E-state index contributed by atoms with van der Waals surface area (Å²) in [5.41, 5.74) is 7.46. The van der Waals surface area contributed by atoms with Gasteiger partial charge in [-0.2, -0.15) is 0 Å². The second-order valence-electron chi connectivity index (χ2n) is 11.0. The number of methoxy groups -OCH3 is 3. The van der Waals surface area contributed by atoms with Crippen LogP contribution in [0.5, 0.6) is 17.2 Å². The third-order valence-electron chi connectivity index (χ3n) is 8.16. The molecule has 0 heterocycles. The number of carbonyl (C=O) groups is 2. The molecule has 4 rings (SSSR count). The molecule has 0 bridgehead atoms. The van der Waals surface area contributed by atoms with E-state index < -0.39 is 11.9 Å². The monoisotopic (exact) mass is 553 g/mol. The number of aliphatic imine (C=N–C) groups is 1. The fourth-order valence-corrected chi connectivity index (χ4v) is 5.72. The molecule has 2 saturated carbocycles. The van der Waals surface area contributed by atoms with Gasteiger partial charge in [0, 0.05) is 11.8 Å². The third kappa shape index (κ3) is 7.31. The van der Waals surface area contributed by atoms with E-state index >= 15 is 0 Å². The summed E-state index contributed by atoms with van der Waals surface area (Å²) < 4.78 is 29.8. The second-order valence-corrected chi connectivity index (χ2v) is 11.0. The summed E-state index contributed by atoms with van der Waals surface area (Å²) in [6.07, 6.45) is 8.25. The van der Waals surface area contributed by atoms with Crippen LogP contribution in [0.15, 0.2) is 41.4 Å². The van der Waals surface area contributed by atoms with E-state index in [1.165, 1.54) is 26.7 Å². The summed E-state index contributed by atoms with van der Waals surface area (Å²) in [6, 6.07) is 9.43. The molecule has 216 valence electrons. The first kappa shape index (κ1) is 29.4. The van der Waals surface area contributed by atoms with Crippen molar-refractivity contribution < 1.29 is 28.2 Å². The lowest BCUT2D eigenvalue weighted by Gasteiger charge is -2.25. The Bertz CT molecular complexity index is 1240. The number of ketones is 1. The van der Waals surface area contributed by atoms with Crippen LogP contribution in [-0.2, 0) is 21.4 Å². The summed E-state index contributed by atoms with van der Waals surface area (Å²) >= 11 is 0. The molecule has 2 aromatic carbocycles. The zero-order valence-electron chi connectivity index (χ0n) is 23.6. The number of amides is 1. The number of carbonyl (C=O) groups excluding carboxylic acids is 2. The van der Waals surface area contributed by atoms with Gasteiger partial charge in [-0.05, 0) is 60.6 Å². The van der Waals surface area contributed by atoms with E-state index in [0.717, 1.165) is 49.7 Å². The molecule has 3 N–H and O–H groups in total. The first-order chi connectivity index (χ1) is 19.3. The molecule has 2 aromatic rings. The Hall–Kier alpha value is -3.62. The fraction of sp³-hybridized carbons (Fsp3) is 0.516. The lowest BCUT2D eigenvalue weighted by molar-refractivity contribution is -0.121. The van der Waals surface area contributed by atoms with Crippen LogP contribution in [0.2, 0.25) is 0 Å². The highest BCUT2D eigenvalue weighted by Gasteiger charge is 2.47. The van der Waals surface area contributed by atoms with Gasteiger partial charge in [-0.1, -0.05) is 44.2 Å². The summed E-state index contributed by atoms with van der Waals surface area (Å²) in [5, 5.41) is 2.65. The maximum Gasteiger partial charge on any atom is 0.231 e. The van der Waals surface area contributed by atoms with Crippen molar-refractivity contribution in [2.24, 2.45) is 16.6 Å². The molecule has 0 saturated heterocycles. The minimum absolute atomic E-state index is 0.0107. The van der Waals surface area contributed by atoms with Gasteiger partial charge in [-0.25, -0.2) is 9.38 Å². The number of Topliss-reactive ketones (excluding diaryl/α,β-unsaturated/α-hetero) is 1. The van der Waals surface area contributed by atoms with Gasteiger partial charge in [-0.3, -0.25) is 14.9 Å². The number of hydrogen-bond acceptors (Lipinski definition) is 6. The van der Waals surface area contributed by atoms with Gasteiger partial charge in [0.2, 0.25) is 5.91 Å². The number of ether oxygens (including phenoxy) is 3. The first-order valence-corrected chi connectivity index (χ1v) is 14.0. The van der Waals surface area contributed by atoms with Crippen molar-refractivity contribution in [2.75, 3.05) is 21.3 Å². The molecule has 0 unspecified atom stereocenters. The number of nitrogens with one attached hydrogen (secondary N) is 1. The van der Waals surface area contributed by atoms with E-state index in [4.69, 9.17) is 19.9 Å². The van der Waals surface area contributed by atoms with Crippen LogP contribution in [-0.4, -0.2) is 45.0 Å². The standard InChI is InChI=1S/C31H40FN3O5/c1-38-26-12-9-21(16-28(26)40-3)17-29(37)35-30(33)34-24(15-20-7-5-4-6-8-20)25(36)19-31(13-14-31)22-10-11-23(32)27(18-22)39-2/h9-12,16,18,20,24H,4-8,13-15,17,19H2,1-3H3,(H3,33,34,35,37)/t24-/m1/s1. The van der Waals surface area contributed by atoms with Gasteiger partial charge in [0.15, 0.2) is 34.8 Å². The maximum absolute atomic E-state index is 14.0. The highest BCUT2D eigenvalue weighted by atomic mass is 19.1. The van der Waals surface area contributed by atoms with Crippen molar-refractivity contribution >= 4 is 17.6 Å². The van der Waals surface area contributed by atoms with Crippen LogP contribution in [0.1, 0.15) is 68.9 Å². The zero-order valence-corrected chi connectivity index (χ0v) is 23.6. The number of nitrogens with two attached hydrogens (primary N) is 1. The molecule has 2 fully saturated rings. The number of rotatable bonds is 12. The first-order valence-electron chi connectivity index (χ1n) is 14.0. The van der Waals surface area contributed by atoms with Gasteiger partial charge in [0.1, 0.15) is 6.04 Å². The third-order valence-corrected chi connectivity index (χ3v) is 8.16. The number of hydrogen-bond donors (Lipinski definition) is 2. The molecule has 2 aliphatic carbocycles. The maximum atomic E-state index is 14.0. The van der Waals surface area contributed by atoms with E-state index in [1.54, 1.807) is 37.4 Å². The Morgan fingerprint density at radius 2 is 1.70 bits per heavy atom. The van der Waals surface area contributed by atoms with E-state index in [-0.39, 0.29) is 41.7 Å². The predicted octanol–water partition coefficient (Wildman–Crippen LogP) is 4.85. The molecule has 0 aromatic heterocycles. The highest BCUT2D eigenvalue weighted by Crippen LogP contribution is 2.52. The van der Waals surface area contributed by atoms with Gasteiger partial charge >= 0.3 is 0 Å². The van der Waals surface area contributed by atoms with E-state index in [9.17, 15) is 14.0 Å². The van der Waals surface area contributed by atoms with E-state index in [2.05, 4.69) is 10.3 Å². The molecule has 2 aliphatic rings. The Labute approximate surface area is 235 Å². The van der Waals surface area contributed by atoms with Crippen LogP contribution in [0, 0.1) is 11.7 Å². The number of nitrogens with zero attached hydrogens (tertiary/aromatic N) is 1. The van der Waals surface area contributed by atoms with Crippen molar-refractivity contribution in [2.45, 2.75) is 75.7 Å². The lowest BCUT2D eigenvalue weighted by atomic mass is 9.82. The largest absolute Gasteiger partial charge is 0.494 e. The van der Waals surface area contributed by atoms with E-state index in [0.29, 0.717) is 23.8 Å². The van der Waals surface area contributed by atoms with Crippen molar-refractivity contribution in [3.8, 4) is 17.2 Å². The average Bonchev–Trinajstić information content (AvgIpc) is 3.73. The van der Waals surface area contributed by atoms with Crippen LogP contribution < -0.4 is 25.3 Å². The Kier molecular flexibility index (Phi) is 9.66. The van der Waals surface area contributed by atoms with Crippen molar-refractivity contribution in [1.82, 2.24) is 5.32 Å². The topological polar surface area (TPSA) is 112 Å². The van der Waals surface area contributed by atoms with Crippen molar-refractivity contribution in [3.05, 3.63) is 53.3 Å². The highest BCUT2D eigenvalue weighted by molar-refractivity contribution is 5.98. The predicted molar refractivity (Wildman–Crippen MR) is 151 cm³/mol. The molecular formula is C31H40FN3O5. The van der Waals surface area contributed by atoms with E-state index in [1.807, 2.05) is 0 Å². The van der Waals surface area contributed by atoms with Crippen LogP contribution in [0.4, 0.5) is 4.39 Å². The van der Waals surface area contributed by atoms with Gasteiger partial charge in [-0.15, -0.1) is 0 Å². The lowest BCUT2D eigenvalue weighted by Crippen LogP contribution is -2.40. The van der Waals surface area contributed by atoms with Crippen LogP contribution >= 0.6 is 0 Å². The minimum Gasteiger partial charge on any atom is -0.494 e. The molecule has 0 radical (unpaired) electrons. The molecule has 0 aliphatic heterocycles. The molecule has 8 nitrogen and oxygen atoms in total. The SMILES string of the molecule is COc1cc(C2(CC(=O)[C@@H](CC3CCCCC3)N=C(N)NC(=O)Cc3ccc(OC)c(OC)c3)CC2)ccc1F. The number of benzene rings is 2. The Morgan fingerprint density at radius 3 is 2.35 bits per heavy atom. The van der Waals surface area contributed by atoms with Gasteiger partial charge < -0.3 is 19.9 Å². The summed E-state index contributed by atoms with van der Waals surface area (Å²) in [7, 11) is 4.52. The normalized spacial score (nSPS) is 17.6. The molecular weight excluding hydrogens is 513 g/mol. The Balaban J connectivity index is 1.47. The fourth-order valence-electron chi connectivity index (χ4n) is 5.72. The smallest absolute Gasteiger partial charge is 0.231 e. The quantitative estimate of drug-likeness (QED) is 0.287. The molecule has 1 amide bonds. The van der Waals surface area contributed by atoms with Crippen molar-refractivity contribution in [1.29, 1.82) is 0 Å². The molecule has 40 heavy (non-hydrogen) atoms. The number of halogens is 1. The number of guanidine groups is 1. The van der Waals surface area contributed by atoms with Crippen molar-refractivity contribution in [3.63, 3.8) is 0 Å². The van der Waals surface area contributed by atoms with Crippen LogP contribution in [0.3, 0.4) is 0 Å².